The van der Waals surface area contributed by atoms with Crippen molar-refractivity contribution in [3.63, 3.8) is 0 Å². The molecule has 0 spiro atoms. The molecule has 1 N–H and O–H groups in total. The zero-order valence-electron chi connectivity index (χ0n) is 8.66. The molecular weight excluding hydrogens is 180 g/mol. The average molecular weight is 196 g/mol. The quantitative estimate of drug-likeness (QED) is 0.773. The monoisotopic (exact) mass is 196 g/mol. The molecule has 14 heavy (non-hydrogen) atoms. The highest BCUT2D eigenvalue weighted by Gasteiger charge is 2.27. The van der Waals surface area contributed by atoms with Crippen molar-refractivity contribution < 1.29 is 9.52 Å². The minimum absolute atomic E-state index is 0.114. The Bertz CT molecular complexity index is 322. The maximum atomic E-state index is 8.91. The van der Waals surface area contributed by atoms with Crippen LogP contribution in [0.2, 0.25) is 0 Å². The van der Waals surface area contributed by atoms with E-state index >= 15 is 0 Å². The minimum atomic E-state index is -0.114. The van der Waals surface area contributed by atoms with Crippen LogP contribution in [0.3, 0.4) is 0 Å². The van der Waals surface area contributed by atoms with E-state index in [1.54, 1.807) is 0 Å². The van der Waals surface area contributed by atoms with Gasteiger partial charge in [-0.1, -0.05) is 0 Å². The van der Waals surface area contributed by atoms with Crippen molar-refractivity contribution in [2.45, 2.75) is 32.4 Å². The highest BCUT2D eigenvalue weighted by atomic mass is 16.4. The molecule has 1 saturated heterocycles. The van der Waals surface area contributed by atoms with Gasteiger partial charge in [-0.2, -0.15) is 0 Å². The number of aryl methyl sites for hydroxylation is 1. The third-order valence-corrected chi connectivity index (χ3v) is 2.85. The van der Waals surface area contributed by atoms with E-state index in [4.69, 9.17) is 9.52 Å². The SMILES string of the molecule is Cc1oc(CO)nc1C1CCCN1C. The van der Waals surface area contributed by atoms with E-state index in [2.05, 4.69) is 16.9 Å². The van der Waals surface area contributed by atoms with Gasteiger partial charge in [0.1, 0.15) is 12.4 Å². The lowest BCUT2D eigenvalue weighted by Gasteiger charge is -2.17. The Hall–Kier alpha value is -0.870. The molecule has 0 bridgehead atoms. The van der Waals surface area contributed by atoms with Gasteiger partial charge < -0.3 is 9.52 Å². The number of aliphatic hydroxyl groups excluding tert-OH is 1. The van der Waals surface area contributed by atoms with Crippen LogP contribution in [-0.2, 0) is 6.61 Å². The second-order valence-electron chi connectivity index (χ2n) is 3.85. The van der Waals surface area contributed by atoms with Crippen LogP contribution in [-0.4, -0.2) is 28.6 Å². The molecule has 0 aliphatic carbocycles. The molecule has 0 saturated carbocycles. The highest BCUT2D eigenvalue weighted by Crippen LogP contribution is 2.31. The van der Waals surface area contributed by atoms with Crippen molar-refractivity contribution in [2.24, 2.45) is 0 Å². The van der Waals surface area contributed by atoms with Crippen LogP contribution in [0.1, 0.15) is 36.2 Å². The summed E-state index contributed by atoms with van der Waals surface area (Å²) in [7, 11) is 2.10. The Morgan fingerprint density at radius 3 is 2.93 bits per heavy atom. The summed E-state index contributed by atoms with van der Waals surface area (Å²) in [4.78, 5) is 6.59. The largest absolute Gasteiger partial charge is 0.443 e. The molecule has 2 heterocycles. The van der Waals surface area contributed by atoms with Crippen molar-refractivity contribution in [1.29, 1.82) is 0 Å². The molecule has 1 fully saturated rings. The predicted molar refractivity (Wildman–Crippen MR) is 51.8 cm³/mol. The lowest BCUT2D eigenvalue weighted by molar-refractivity contribution is 0.238. The zero-order chi connectivity index (χ0) is 10.1. The Balaban J connectivity index is 2.26. The van der Waals surface area contributed by atoms with Gasteiger partial charge in [0.2, 0.25) is 5.89 Å². The summed E-state index contributed by atoms with van der Waals surface area (Å²) in [5.74, 6) is 1.27. The standard InChI is InChI=1S/C10H16N2O2/c1-7-10(11-9(6-13)14-7)8-4-3-5-12(8)2/h8,13H,3-6H2,1-2H3. The van der Waals surface area contributed by atoms with Gasteiger partial charge >= 0.3 is 0 Å². The van der Waals surface area contributed by atoms with E-state index < -0.39 is 0 Å². The van der Waals surface area contributed by atoms with Crippen molar-refractivity contribution in [1.82, 2.24) is 9.88 Å². The number of aromatic nitrogens is 1. The normalized spacial score (nSPS) is 23.2. The Morgan fingerprint density at radius 2 is 2.43 bits per heavy atom. The first-order valence-corrected chi connectivity index (χ1v) is 4.99. The number of nitrogens with zero attached hydrogens (tertiary/aromatic N) is 2. The number of rotatable bonds is 2. The molecule has 1 aromatic rings. The summed E-state index contributed by atoms with van der Waals surface area (Å²) in [5, 5.41) is 8.91. The Morgan fingerprint density at radius 1 is 1.64 bits per heavy atom. The fourth-order valence-corrected chi connectivity index (χ4v) is 2.10. The lowest BCUT2D eigenvalue weighted by Crippen LogP contribution is -2.18. The molecule has 1 atom stereocenters. The van der Waals surface area contributed by atoms with E-state index in [0.29, 0.717) is 11.9 Å². The number of hydrogen-bond donors (Lipinski definition) is 1. The van der Waals surface area contributed by atoms with Crippen molar-refractivity contribution in [2.75, 3.05) is 13.6 Å². The third kappa shape index (κ3) is 1.55. The minimum Gasteiger partial charge on any atom is -0.443 e. The van der Waals surface area contributed by atoms with Crippen LogP contribution >= 0.6 is 0 Å². The highest BCUT2D eigenvalue weighted by molar-refractivity contribution is 5.14. The number of likely N-dealkylation sites (tertiary alicyclic amines) is 1. The lowest BCUT2D eigenvalue weighted by atomic mass is 10.1. The second-order valence-corrected chi connectivity index (χ2v) is 3.85. The van der Waals surface area contributed by atoms with Crippen LogP contribution in [0.5, 0.6) is 0 Å². The molecule has 4 nitrogen and oxygen atoms in total. The van der Waals surface area contributed by atoms with Gasteiger partial charge in [0, 0.05) is 0 Å². The molecule has 0 amide bonds. The van der Waals surface area contributed by atoms with E-state index in [0.717, 1.165) is 24.4 Å². The van der Waals surface area contributed by atoms with Crippen LogP contribution in [0.15, 0.2) is 4.42 Å². The summed E-state index contributed by atoms with van der Waals surface area (Å²) in [6.45, 7) is 2.91. The zero-order valence-corrected chi connectivity index (χ0v) is 8.66. The Labute approximate surface area is 83.5 Å². The number of hydrogen-bond acceptors (Lipinski definition) is 4. The molecule has 2 rings (SSSR count). The van der Waals surface area contributed by atoms with Gasteiger partial charge in [0.05, 0.1) is 11.7 Å². The van der Waals surface area contributed by atoms with Gasteiger partial charge in [-0.25, -0.2) is 4.98 Å². The number of aliphatic hydroxyl groups is 1. The van der Waals surface area contributed by atoms with Crippen molar-refractivity contribution in [3.05, 3.63) is 17.3 Å². The van der Waals surface area contributed by atoms with Crippen LogP contribution in [0.25, 0.3) is 0 Å². The molecule has 4 heteroatoms. The topological polar surface area (TPSA) is 49.5 Å². The number of oxazole rings is 1. The summed E-state index contributed by atoms with van der Waals surface area (Å²) in [6, 6.07) is 0.374. The maximum Gasteiger partial charge on any atom is 0.220 e. The predicted octanol–water partition coefficient (Wildman–Crippen LogP) is 1.24. The summed E-state index contributed by atoms with van der Waals surface area (Å²) < 4.78 is 5.34. The van der Waals surface area contributed by atoms with Crippen molar-refractivity contribution in [3.8, 4) is 0 Å². The summed E-state index contributed by atoms with van der Waals surface area (Å²) >= 11 is 0. The van der Waals surface area contributed by atoms with Gasteiger partial charge in [0.15, 0.2) is 0 Å². The van der Waals surface area contributed by atoms with Crippen LogP contribution < -0.4 is 0 Å². The van der Waals surface area contributed by atoms with E-state index in [-0.39, 0.29) is 6.61 Å². The smallest absolute Gasteiger partial charge is 0.220 e. The first-order valence-electron chi connectivity index (χ1n) is 4.99. The first-order chi connectivity index (χ1) is 6.72. The van der Waals surface area contributed by atoms with Crippen LogP contribution in [0.4, 0.5) is 0 Å². The van der Waals surface area contributed by atoms with E-state index in [1.165, 1.54) is 6.42 Å². The Kier molecular flexibility index (Phi) is 2.56. The van der Waals surface area contributed by atoms with E-state index in [1.807, 2.05) is 6.92 Å². The van der Waals surface area contributed by atoms with Gasteiger partial charge in [0.25, 0.3) is 0 Å². The second kappa shape index (κ2) is 3.71. The molecule has 1 aromatic heterocycles. The van der Waals surface area contributed by atoms with Gasteiger partial charge in [-0.3, -0.25) is 4.90 Å². The first kappa shape index (κ1) is 9.68. The fraction of sp³-hybridized carbons (Fsp3) is 0.700. The molecule has 1 aliphatic heterocycles. The summed E-state index contributed by atoms with van der Waals surface area (Å²) in [6.07, 6.45) is 2.34. The average Bonchev–Trinajstić information content (AvgIpc) is 2.72. The van der Waals surface area contributed by atoms with E-state index in [9.17, 15) is 0 Å². The molecule has 1 aliphatic rings. The van der Waals surface area contributed by atoms with Gasteiger partial charge in [-0.05, 0) is 33.4 Å². The summed E-state index contributed by atoms with van der Waals surface area (Å²) in [5.41, 5.74) is 0.994. The molecule has 0 aromatic carbocycles. The molecule has 1 unspecified atom stereocenters. The molecular formula is C10H16N2O2. The molecule has 0 radical (unpaired) electrons. The fourth-order valence-electron chi connectivity index (χ4n) is 2.10. The van der Waals surface area contributed by atoms with Crippen LogP contribution in [0, 0.1) is 6.92 Å². The van der Waals surface area contributed by atoms with Crippen molar-refractivity contribution >= 4 is 0 Å². The third-order valence-electron chi connectivity index (χ3n) is 2.85. The molecule has 78 valence electrons. The van der Waals surface area contributed by atoms with Gasteiger partial charge in [-0.15, -0.1) is 0 Å². The maximum absolute atomic E-state index is 8.91.